The summed E-state index contributed by atoms with van der Waals surface area (Å²) in [6.45, 7) is 4.46. The summed E-state index contributed by atoms with van der Waals surface area (Å²) in [5.74, 6) is 0.542. The van der Waals surface area contributed by atoms with Gasteiger partial charge in [-0.15, -0.1) is 0 Å². The Morgan fingerprint density at radius 3 is 2.81 bits per heavy atom. The highest BCUT2D eigenvalue weighted by atomic mass is 16.5. The van der Waals surface area contributed by atoms with Gasteiger partial charge in [0.25, 0.3) is 5.56 Å². The van der Waals surface area contributed by atoms with E-state index in [1.807, 2.05) is 30.0 Å². The fourth-order valence-electron chi connectivity index (χ4n) is 4.36. The van der Waals surface area contributed by atoms with Crippen LogP contribution >= 0.6 is 0 Å². The third kappa shape index (κ3) is 3.37. The van der Waals surface area contributed by atoms with Crippen molar-refractivity contribution in [2.45, 2.75) is 31.8 Å². The first-order valence-corrected chi connectivity index (χ1v) is 9.58. The lowest BCUT2D eigenvalue weighted by molar-refractivity contribution is 0.0272. The van der Waals surface area contributed by atoms with Gasteiger partial charge in [-0.25, -0.2) is 4.79 Å². The van der Waals surface area contributed by atoms with E-state index >= 15 is 0 Å². The quantitative estimate of drug-likeness (QED) is 0.907. The number of likely N-dealkylation sites (tertiary alicyclic amines) is 1. The lowest BCUT2D eigenvalue weighted by atomic mass is 9.84. The van der Waals surface area contributed by atoms with Crippen LogP contribution in [0.25, 0.3) is 0 Å². The number of anilines is 1. The van der Waals surface area contributed by atoms with Crippen LogP contribution in [0.1, 0.15) is 24.8 Å². The molecular weight excluding hydrogens is 342 g/mol. The molecule has 1 aromatic heterocycles. The highest BCUT2D eigenvalue weighted by molar-refractivity contribution is 5.89. The minimum Gasteiger partial charge on any atom is -0.381 e. The molecule has 6 nitrogen and oxygen atoms in total. The molecule has 3 unspecified atom stereocenters. The summed E-state index contributed by atoms with van der Waals surface area (Å²) in [6, 6.07) is 13.7. The van der Waals surface area contributed by atoms with Gasteiger partial charge in [-0.05, 0) is 31.0 Å². The summed E-state index contributed by atoms with van der Waals surface area (Å²) in [7, 11) is 0. The topological polar surface area (TPSA) is 63.6 Å². The molecule has 1 aromatic carbocycles. The predicted octanol–water partition coefficient (Wildman–Crippen LogP) is 2.90. The monoisotopic (exact) mass is 367 g/mol. The number of aryl methyl sites for hydroxylation is 1. The Bertz CT molecular complexity index is 864. The number of carbonyl (C=O) groups is 1. The van der Waals surface area contributed by atoms with Gasteiger partial charge in [0.05, 0.1) is 6.61 Å². The van der Waals surface area contributed by atoms with Gasteiger partial charge in [0.15, 0.2) is 0 Å². The zero-order valence-electron chi connectivity index (χ0n) is 15.5. The van der Waals surface area contributed by atoms with Gasteiger partial charge in [0.2, 0.25) is 0 Å². The number of rotatable bonds is 3. The van der Waals surface area contributed by atoms with Gasteiger partial charge < -0.3 is 19.5 Å². The first-order chi connectivity index (χ1) is 13.2. The zero-order valence-corrected chi connectivity index (χ0v) is 15.5. The molecule has 27 heavy (non-hydrogen) atoms. The number of benzene rings is 1. The van der Waals surface area contributed by atoms with Crippen LogP contribution in [0.15, 0.2) is 53.5 Å². The van der Waals surface area contributed by atoms with Gasteiger partial charge in [-0.1, -0.05) is 30.3 Å². The van der Waals surface area contributed by atoms with Crippen molar-refractivity contribution in [3.8, 4) is 0 Å². The van der Waals surface area contributed by atoms with Gasteiger partial charge in [-0.2, -0.15) is 0 Å². The van der Waals surface area contributed by atoms with E-state index in [-0.39, 0.29) is 29.5 Å². The van der Waals surface area contributed by atoms with E-state index in [0.29, 0.717) is 32.0 Å². The number of pyridine rings is 1. The van der Waals surface area contributed by atoms with Gasteiger partial charge in [0.1, 0.15) is 5.69 Å². The maximum Gasteiger partial charge on any atom is 0.322 e. The van der Waals surface area contributed by atoms with Crippen molar-refractivity contribution >= 4 is 11.7 Å². The average molecular weight is 367 g/mol. The number of hydrogen-bond acceptors (Lipinski definition) is 3. The third-order valence-electron chi connectivity index (χ3n) is 5.76. The molecule has 0 aliphatic carbocycles. The SMILES string of the molecule is CCn1cccc(NC(=O)N2CC(c3ccccc3)C3COCCC32)c1=O. The van der Waals surface area contributed by atoms with E-state index in [2.05, 4.69) is 17.4 Å². The van der Waals surface area contributed by atoms with Crippen LogP contribution in [0.2, 0.25) is 0 Å². The second-order valence-electron chi connectivity index (χ2n) is 7.21. The van der Waals surface area contributed by atoms with E-state index in [1.54, 1.807) is 22.9 Å². The number of nitrogens with one attached hydrogen (secondary N) is 1. The Morgan fingerprint density at radius 1 is 1.22 bits per heavy atom. The van der Waals surface area contributed by atoms with Crippen molar-refractivity contribution in [3.63, 3.8) is 0 Å². The number of carbonyl (C=O) groups excluding carboxylic acids is 1. The molecule has 0 radical (unpaired) electrons. The van der Waals surface area contributed by atoms with Crippen molar-refractivity contribution in [2.75, 3.05) is 25.1 Å². The average Bonchev–Trinajstić information content (AvgIpc) is 3.10. The van der Waals surface area contributed by atoms with E-state index < -0.39 is 0 Å². The number of amides is 2. The highest BCUT2D eigenvalue weighted by Gasteiger charge is 2.46. The zero-order chi connectivity index (χ0) is 18.8. The Balaban J connectivity index is 1.57. The van der Waals surface area contributed by atoms with Gasteiger partial charge in [0, 0.05) is 43.8 Å². The van der Waals surface area contributed by atoms with Crippen molar-refractivity contribution in [1.82, 2.24) is 9.47 Å². The lowest BCUT2D eigenvalue weighted by Gasteiger charge is -2.32. The van der Waals surface area contributed by atoms with Crippen LogP contribution in [0, 0.1) is 5.92 Å². The molecule has 2 aromatic rings. The Kier molecular flexibility index (Phi) is 4.99. The molecule has 0 spiro atoms. The van der Waals surface area contributed by atoms with Crippen LogP contribution in [0.3, 0.4) is 0 Å². The molecule has 2 saturated heterocycles. The molecule has 2 fully saturated rings. The van der Waals surface area contributed by atoms with Crippen LogP contribution in [-0.2, 0) is 11.3 Å². The molecule has 0 saturated carbocycles. The Hall–Kier alpha value is -2.60. The molecule has 2 aliphatic heterocycles. The molecule has 2 amide bonds. The van der Waals surface area contributed by atoms with Gasteiger partial charge in [-0.3, -0.25) is 4.79 Å². The largest absolute Gasteiger partial charge is 0.381 e. The summed E-state index contributed by atoms with van der Waals surface area (Å²) < 4.78 is 7.31. The molecule has 1 N–H and O–H groups in total. The summed E-state index contributed by atoms with van der Waals surface area (Å²) in [5.41, 5.74) is 1.40. The number of urea groups is 1. The molecular formula is C21H25N3O3. The predicted molar refractivity (Wildman–Crippen MR) is 104 cm³/mol. The maximum atomic E-state index is 13.0. The Morgan fingerprint density at radius 2 is 2.04 bits per heavy atom. The normalized spacial score (nSPS) is 24.5. The molecule has 6 heteroatoms. The highest BCUT2D eigenvalue weighted by Crippen LogP contribution is 2.40. The number of ether oxygens (including phenoxy) is 1. The number of aromatic nitrogens is 1. The third-order valence-corrected chi connectivity index (χ3v) is 5.76. The first-order valence-electron chi connectivity index (χ1n) is 9.58. The number of nitrogens with zero attached hydrogens (tertiary/aromatic N) is 2. The molecule has 0 bridgehead atoms. The summed E-state index contributed by atoms with van der Waals surface area (Å²) >= 11 is 0. The smallest absolute Gasteiger partial charge is 0.322 e. The lowest BCUT2D eigenvalue weighted by Crippen LogP contribution is -2.44. The second-order valence-corrected chi connectivity index (χ2v) is 7.21. The molecule has 2 aliphatic rings. The standard InChI is InChI=1S/C21H25N3O3/c1-2-23-11-6-9-18(20(23)25)22-21(26)24-13-16(15-7-4-3-5-8-15)17-14-27-12-10-19(17)24/h3-9,11,16-17,19H,2,10,12-14H2,1H3,(H,22,26). The molecule has 4 rings (SSSR count). The van der Waals surface area contributed by atoms with Crippen LogP contribution in [0.5, 0.6) is 0 Å². The summed E-state index contributed by atoms with van der Waals surface area (Å²) in [5, 5.41) is 2.84. The van der Waals surface area contributed by atoms with E-state index in [1.165, 1.54) is 5.56 Å². The minimum atomic E-state index is -0.198. The van der Waals surface area contributed by atoms with Crippen molar-refractivity contribution in [1.29, 1.82) is 0 Å². The molecule has 3 atom stereocenters. The summed E-state index contributed by atoms with van der Waals surface area (Å²) in [6.07, 6.45) is 2.56. The van der Waals surface area contributed by atoms with Crippen molar-refractivity contribution < 1.29 is 9.53 Å². The van der Waals surface area contributed by atoms with Crippen LogP contribution in [0.4, 0.5) is 10.5 Å². The molecule has 3 heterocycles. The van der Waals surface area contributed by atoms with Crippen LogP contribution < -0.4 is 10.9 Å². The Labute approximate surface area is 158 Å². The minimum absolute atomic E-state index is 0.140. The first kappa shape index (κ1) is 17.8. The van der Waals surface area contributed by atoms with E-state index in [4.69, 9.17) is 4.74 Å². The fourth-order valence-corrected chi connectivity index (χ4v) is 4.36. The maximum absolute atomic E-state index is 13.0. The second kappa shape index (κ2) is 7.56. The number of fused-ring (bicyclic) bond motifs is 1. The van der Waals surface area contributed by atoms with Gasteiger partial charge >= 0.3 is 6.03 Å². The fraction of sp³-hybridized carbons (Fsp3) is 0.429. The number of hydrogen-bond donors (Lipinski definition) is 1. The summed E-state index contributed by atoms with van der Waals surface area (Å²) in [4.78, 5) is 27.3. The van der Waals surface area contributed by atoms with E-state index in [9.17, 15) is 9.59 Å². The van der Waals surface area contributed by atoms with Crippen LogP contribution in [-0.4, -0.2) is 41.3 Å². The van der Waals surface area contributed by atoms with Crippen molar-refractivity contribution in [3.05, 3.63) is 64.6 Å². The molecule has 142 valence electrons. The van der Waals surface area contributed by atoms with Crippen molar-refractivity contribution in [2.24, 2.45) is 5.92 Å². The van der Waals surface area contributed by atoms with E-state index in [0.717, 1.165) is 6.42 Å².